The topological polar surface area (TPSA) is 117 Å². The van der Waals surface area contributed by atoms with Gasteiger partial charge in [0.25, 0.3) is 0 Å². The molecule has 0 heterocycles. The van der Waals surface area contributed by atoms with E-state index in [4.69, 9.17) is 17.8 Å². The van der Waals surface area contributed by atoms with Crippen molar-refractivity contribution in [3.63, 3.8) is 0 Å². The van der Waals surface area contributed by atoms with Crippen LogP contribution in [0.5, 0.6) is 5.75 Å². The van der Waals surface area contributed by atoms with E-state index in [2.05, 4.69) is 5.32 Å². The lowest BCUT2D eigenvalue weighted by Gasteiger charge is -2.18. The lowest BCUT2D eigenvalue weighted by atomic mass is 9.99. The van der Waals surface area contributed by atoms with Gasteiger partial charge < -0.3 is 19.0 Å². The summed E-state index contributed by atoms with van der Waals surface area (Å²) in [4.78, 5) is 25.4. The number of rotatable bonds is 12. The third kappa shape index (κ3) is 11.2. The van der Waals surface area contributed by atoms with E-state index in [0.717, 1.165) is 11.1 Å². The Kier molecular flexibility index (Phi) is 10.5. The van der Waals surface area contributed by atoms with Crippen molar-refractivity contribution in [1.82, 2.24) is 5.32 Å². The number of alkyl carbamates (subject to hydrolysis) is 1. The number of carbonyl (C=O) groups is 2. The fraction of sp³-hybridized carbons (Fsp3) is 0.310. The van der Waals surface area contributed by atoms with Crippen molar-refractivity contribution in [3.8, 4) is 5.75 Å². The van der Waals surface area contributed by atoms with Crippen molar-refractivity contribution in [2.75, 3.05) is 6.61 Å². The third-order valence-corrected chi connectivity index (χ3v) is 6.01. The van der Waals surface area contributed by atoms with Crippen LogP contribution >= 0.6 is 0 Å². The Morgan fingerprint density at radius 2 is 1.31 bits per heavy atom. The highest BCUT2D eigenvalue weighted by Gasteiger charge is 2.24. The van der Waals surface area contributed by atoms with Crippen LogP contribution in [0.25, 0.3) is 0 Å². The minimum Gasteiger partial charge on any atom is -0.459 e. The molecule has 0 aliphatic rings. The molecule has 3 rings (SSSR count). The van der Waals surface area contributed by atoms with Gasteiger partial charge in [0, 0.05) is 6.42 Å². The maximum atomic E-state index is 12.9. The second-order valence-corrected chi connectivity index (χ2v) is 11.2. The summed E-state index contributed by atoms with van der Waals surface area (Å²) in [6.45, 7) is 5.55. The van der Waals surface area contributed by atoms with Gasteiger partial charge in [-0.05, 0) is 34.2 Å². The summed E-state index contributed by atoms with van der Waals surface area (Å²) in [7, 11) is -4.24. The molecule has 3 aromatic carbocycles. The predicted octanol–water partition coefficient (Wildman–Crippen LogP) is 4.95. The van der Waals surface area contributed by atoms with Crippen molar-refractivity contribution in [2.45, 2.75) is 46.4 Å². The molecule has 0 fully saturated rings. The number of hydrogen-bond donors (Lipinski definition) is 1. The van der Waals surface area contributed by atoms with E-state index in [9.17, 15) is 18.0 Å². The van der Waals surface area contributed by atoms with Crippen LogP contribution in [0.15, 0.2) is 84.9 Å². The number of esters is 1. The summed E-state index contributed by atoms with van der Waals surface area (Å²) in [6, 6.07) is 23.3. The molecule has 0 unspecified atom stereocenters. The molecular formula is C29H33NO8S. The highest BCUT2D eigenvalue weighted by atomic mass is 32.3. The van der Waals surface area contributed by atoms with Crippen LogP contribution in [0.4, 0.5) is 4.79 Å². The Balaban J connectivity index is 1.64. The number of benzene rings is 3. The standard InChI is InChI=1S/C29H33NO8S/c1-29(2,3)21-37-39(33,34)38-25-16-14-22(15-17-25)18-26(27(31)35-19-23-10-6-4-7-11-23)30-28(32)36-20-24-12-8-5-9-13-24/h4-17,26H,18-21H2,1-3H3,(H,30,32)/t26-/m1/s1. The molecule has 0 aromatic heterocycles. The van der Waals surface area contributed by atoms with Crippen LogP contribution < -0.4 is 9.50 Å². The summed E-state index contributed by atoms with van der Waals surface area (Å²) in [5, 5.41) is 2.57. The summed E-state index contributed by atoms with van der Waals surface area (Å²) < 4.78 is 44.8. The average molecular weight is 556 g/mol. The molecule has 0 saturated carbocycles. The van der Waals surface area contributed by atoms with Gasteiger partial charge in [0.15, 0.2) is 0 Å². The van der Waals surface area contributed by atoms with Gasteiger partial charge in [-0.1, -0.05) is 93.6 Å². The van der Waals surface area contributed by atoms with Crippen molar-refractivity contribution in [1.29, 1.82) is 0 Å². The Morgan fingerprint density at radius 3 is 1.85 bits per heavy atom. The van der Waals surface area contributed by atoms with Crippen LogP contribution in [-0.2, 0) is 48.5 Å². The minimum atomic E-state index is -4.24. The summed E-state index contributed by atoms with van der Waals surface area (Å²) in [6.07, 6.45) is -0.704. The molecule has 0 radical (unpaired) electrons. The van der Waals surface area contributed by atoms with Gasteiger partial charge in [-0.15, -0.1) is 0 Å². The van der Waals surface area contributed by atoms with Crippen LogP contribution in [0.3, 0.4) is 0 Å². The maximum Gasteiger partial charge on any atom is 0.449 e. The lowest BCUT2D eigenvalue weighted by molar-refractivity contribution is -0.147. The zero-order valence-electron chi connectivity index (χ0n) is 22.2. The second-order valence-electron chi connectivity index (χ2n) is 10.0. The molecule has 39 heavy (non-hydrogen) atoms. The fourth-order valence-electron chi connectivity index (χ4n) is 3.24. The van der Waals surface area contributed by atoms with E-state index >= 15 is 0 Å². The Hall–Kier alpha value is -3.89. The molecule has 9 nitrogen and oxygen atoms in total. The number of nitrogens with one attached hydrogen (secondary N) is 1. The van der Waals surface area contributed by atoms with Crippen molar-refractivity contribution in [2.24, 2.45) is 5.41 Å². The zero-order valence-corrected chi connectivity index (χ0v) is 23.0. The SMILES string of the molecule is CC(C)(C)COS(=O)(=O)Oc1ccc(C[C@@H](NC(=O)OCc2ccccc2)C(=O)OCc2ccccc2)cc1. The summed E-state index contributed by atoms with van der Waals surface area (Å²) in [5.41, 5.74) is 1.86. The molecule has 1 N–H and O–H groups in total. The van der Waals surface area contributed by atoms with Gasteiger partial charge in [-0.3, -0.25) is 0 Å². The van der Waals surface area contributed by atoms with Gasteiger partial charge in [0.2, 0.25) is 0 Å². The third-order valence-electron chi connectivity index (χ3n) is 5.21. The van der Waals surface area contributed by atoms with Gasteiger partial charge in [0.05, 0.1) is 6.61 Å². The van der Waals surface area contributed by atoms with Crippen molar-refractivity contribution in [3.05, 3.63) is 102 Å². The molecule has 0 aliphatic heterocycles. The molecule has 1 atom stereocenters. The molecular weight excluding hydrogens is 522 g/mol. The highest BCUT2D eigenvalue weighted by molar-refractivity contribution is 7.82. The van der Waals surface area contributed by atoms with Gasteiger partial charge in [-0.2, -0.15) is 8.42 Å². The van der Waals surface area contributed by atoms with Gasteiger partial charge in [-0.25, -0.2) is 13.8 Å². The summed E-state index contributed by atoms with van der Waals surface area (Å²) >= 11 is 0. The highest BCUT2D eigenvalue weighted by Crippen LogP contribution is 2.19. The first-order valence-corrected chi connectivity index (χ1v) is 13.7. The average Bonchev–Trinajstić information content (AvgIpc) is 2.91. The van der Waals surface area contributed by atoms with E-state index in [1.165, 1.54) is 12.1 Å². The smallest absolute Gasteiger partial charge is 0.449 e. The van der Waals surface area contributed by atoms with Crippen LogP contribution in [0.1, 0.15) is 37.5 Å². The molecule has 3 aromatic rings. The second kappa shape index (κ2) is 13.8. The van der Waals surface area contributed by atoms with E-state index < -0.39 is 28.5 Å². The number of ether oxygens (including phenoxy) is 2. The van der Waals surface area contributed by atoms with Gasteiger partial charge in [0.1, 0.15) is 25.0 Å². The van der Waals surface area contributed by atoms with Crippen LogP contribution in [0.2, 0.25) is 0 Å². The van der Waals surface area contributed by atoms with Crippen LogP contribution in [0, 0.1) is 5.41 Å². The number of hydrogen-bond acceptors (Lipinski definition) is 8. The first kappa shape index (κ1) is 29.7. The maximum absolute atomic E-state index is 12.9. The van der Waals surface area contributed by atoms with E-state index in [1.54, 1.807) is 12.1 Å². The quantitative estimate of drug-likeness (QED) is 0.312. The van der Waals surface area contributed by atoms with Crippen molar-refractivity contribution < 1.29 is 35.8 Å². The van der Waals surface area contributed by atoms with E-state index in [0.29, 0.717) is 5.56 Å². The Morgan fingerprint density at radius 1 is 0.769 bits per heavy atom. The minimum absolute atomic E-state index is 0.0355. The summed E-state index contributed by atoms with van der Waals surface area (Å²) in [5.74, 6) is -0.597. The Bertz CT molecular complexity index is 1300. The lowest BCUT2D eigenvalue weighted by Crippen LogP contribution is -2.43. The monoisotopic (exact) mass is 555 g/mol. The fourth-order valence-corrected chi connectivity index (χ4v) is 4.13. The number of amides is 1. The molecule has 0 spiro atoms. The normalized spacial score (nSPS) is 12.3. The molecule has 0 bridgehead atoms. The number of carbonyl (C=O) groups excluding carboxylic acids is 2. The van der Waals surface area contributed by atoms with E-state index in [-0.39, 0.29) is 37.4 Å². The molecule has 208 valence electrons. The Labute approximate surface area is 229 Å². The molecule has 1 amide bonds. The van der Waals surface area contributed by atoms with Crippen LogP contribution in [-0.4, -0.2) is 33.1 Å². The first-order chi connectivity index (χ1) is 18.5. The first-order valence-electron chi connectivity index (χ1n) is 12.3. The zero-order chi connectivity index (χ0) is 28.3. The predicted molar refractivity (Wildman–Crippen MR) is 145 cm³/mol. The van der Waals surface area contributed by atoms with E-state index in [1.807, 2.05) is 81.4 Å². The van der Waals surface area contributed by atoms with Crippen molar-refractivity contribution >= 4 is 22.5 Å². The largest absolute Gasteiger partial charge is 0.459 e. The molecule has 10 heteroatoms. The van der Waals surface area contributed by atoms with Gasteiger partial charge >= 0.3 is 22.5 Å². The molecule has 0 saturated heterocycles. The molecule has 0 aliphatic carbocycles.